The number of piperidine rings is 1. The van der Waals surface area contributed by atoms with Crippen molar-refractivity contribution in [2.75, 3.05) is 5.32 Å². The maximum Gasteiger partial charge on any atom is 0.264 e. The summed E-state index contributed by atoms with van der Waals surface area (Å²) in [4.78, 5) is 67.5. The molecule has 172 valence electrons. The number of amides is 5. The number of hydrogen-bond donors (Lipinski definition) is 2. The van der Waals surface area contributed by atoms with Crippen molar-refractivity contribution in [3.63, 3.8) is 0 Å². The van der Waals surface area contributed by atoms with Gasteiger partial charge in [0.05, 0.1) is 28.0 Å². The van der Waals surface area contributed by atoms with Crippen LogP contribution in [0.25, 0.3) is 11.4 Å². The van der Waals surface area contributed by atoms with Crippen molar-refractivity contribution >= 4 is 46.6 Å². The Morgan fingerprint density at radius 1 is 1.21 bits per heavy atom. The lowest BCUT2D eigenvalue weighted by Crippen LogP contribution is -2.54. The van der Waals surface area contributed by atoms with Crippen LogP contribution in [-0.2, 0) is 20.9 Å². The van der Waals surface area contributed by atoms with E-state index in [1.807, 2.05) is 12.3 Å². The molecule has 0 aliphatic carbocycles. The van der Waals surface area contributed by atoms with Gasteiger partial charge in [0.1, 0.15) is 24.0 Å². The van der Waals surface area contributed by atoms with Gasteiger partial charge in [0, 0.05) is 11.8 Å². The molecule has 2 aliphatic rings. The highest BCUT2D eigenvalue weighted by molar-refractivity contribution is 7.09. The zero-order chi connectivity index (χ0) is 24.0. The van der Waals surface area contributed by atoms with E-state index in [-0.39, 0.29) is 36.2 Å². The lowest BCUT2D eigenvalue weighted by molar-refractivity contribution is -0.136. The summed E-state index contributed by atoms with van der Waals surface area (Å²) < 4.78 is 1.34. The SMILES string of the molecule is Cc1nc(-c2cn(CC(=O)Nc3cccc4c3C(=O)N(C3CCC(=O)NC3=O)C4=O)nn2)cs1. The van der Waals surface area contributed by atoms with Crippen LogP contribution in [0.2, 0.25) is 0 Å². The van der Waals surface area contributed by atoms with E-state index in [0.29, 0.717) is 11.4 Å². The highest BCUT2D eigenvalue weighted by Crippen LogP contribution is 2.32. The number of aromatic nitrogens is 4. The molecule has 0 saturated carbocycles. The number of aryl methyl sites for hydroxylation is 1. The number of hydrogen-bond acceptors (Lipinski definition) is 9. The van der Waals surface area contributed by atoms with Crippen LogP contribution in [0, 0.1) is 6.92 Å². The first kappa shape index (κ1) is 21.6. The second kappa shape index (κ2) is 8.26. The number of imide groups is 2. The second-order valence-corrected chi connectivity index (χ2v) is 8.84. The van der Waals surface area contributed by atoms with Crippen molar-refractivity contribution in [3.8, 4) is 11.4 Å². The van der Waals surface area contributed by atoms with Gasteiger partial charge in [-0.3, -0.25) is 34.2 Å². The summed E-state index contributed by atoms with van der Waals surface area (Å²) in [7, 11) is 0. The van der Waals surface area contributed by atoms with E-state index in [1.54, 1.807) is 6.20 Å². The molecule has 5 amide bonds. The van der Waals surface area contributed by atoms with Crippen LogP contribution < -0.4 is 10.6 Å². The summed E-state index contributed by atoms with van der Waals surface area (Å²) in [6.07, 6.45) is 1.65. The first-order chi connectivity index (χ1) is 16.3. The van der Waals surface area contributed by atoms with Gasteiger partial charge in [-0.2, -0.15) is 0 Å². The van der Waals surface area contributed by atoms with Crippen molar-refractivity contribution in [2.24, 2.45) is 0 Å². The highest BCUT2D eigenvalue weighted by atomic mass is 32.1. The van der Waals surface area contributed by atoms with E-state index in [2.05, 4.69) is 25.9 Å². The second-order valence-electron chi connectivity index (χ2n) is 7.78. The molecule has 0 spiro atoms. The van der Waals surface area contributed by atoms with Crippen molar-refractivity contribution in [2.45, 2.75) is 32.4 Å². The standard InChI is InChI=1S/C21H17N7O5S/c1-10-22-14(9-34-10)13-7-27(26-25-13)8-17(30)23-12-4-2-3-11-18(12)21(33)28(20(11)32)15-5-6-16(29)24-19(15)31/h2-4,7,9,15H,5-6,8H2,1H3,(H,23,30)(H,24,29,31). The Hall–Kier alpha value is -4.26. The maximum absolute atomic E-state index is 13.1. The molecule has 4 heterocycles. The van der Waals surface area contributed by atoms with E-state index in [9.17, 15) is 24.0 Å². The average molecular weight is 479 g/mol. The Morgan fingerprint density at radius 2 is 2.03 bits per heavy atom. The first-order valence-electron chi connectivity index (χ1n) is 10.3. The van der Waals surface area contributed by atoms with Crippen molar-refractivity contribution in [3.05, 3.63) is 45.9 Å². The molecule has 1 fully saturated rings. The third-order valence-electron chi connectivity index (χ3n) is 5.47. The smallest absolute Gasteiger partial charge is 0.264 e. The Labute approximate surface area is 196 Å². The average Bonchev–Trinajstić information content (AvgIpc) is 3.49. The number of thiazole rings is 1. The maximum atomic E-state index is 13.1. The molecule has 0 radical (unpaired) electrons. The van der Waals surface area contributed by atoms with Crippen LogP contribution >= 0.6 is 11.3 Å². The van der Waals surface area contributed by atoms with E-state index in [1.165, 1.54) is 34.2 Å². The zero-order valence-corrected chi connectivity index (χ0v) is 18.6. The molecule has 0 bridgehead atoms. The molecular weight excluding hydrogens is 462 g/mol. The molecular formula is C21H17N7O5S. The molecule has 5 rings (SSSR count). The van der Waals surface area contributed by atoms with E-state index in [4.69, 9.17) is 0 Å². The largest absolute Gasteiger partial charge is 0.324 e. The molecule has 2 aromatic heterocycles. The van der Waals surface area contributed by atoms with Gasteiger partial charge in [0.15, 0.2) is 0 Å². The summed E-state index contributed by atoms with van der Waals surface area (Å²) in [5, 5.41) is 15.5. The minimum Gasteiger partial charge on any atom is -0.324 e. The predicted molar refractivity (Wildman–Crippen MR) is 118 cm³/mol. The van der Waals surface area contributed by atoms with Crippen molar-refractivity contribution in [1.29, 1.82) is 0 Å². The monoisotopic (exact) mass is 479 g/mol. The van der Waals surface area contributed by atoms with E-state index < -0.39 is 35.6 Å². The fourth-order valence-electron chi connectivity index (χ4n) is 3.93. The lowest BCUT2D eigenvalue weighted by Gasteiger charge is -2.27. The normalized spacial score (nSPS) is 17.7. The lowest BCUT2D eigenvalue weighted by atomic mass is 10.0. The minimum absolute atomic E-state index is 0.00257. The Morgan fingerprint density at radius 3 is 2.76 bits per heavy atom. The van der Waals surface area contributed by atoms with Crippen LogP contribution in [0.1, 0.15) is 38.6 Å². The molecule has 2 aliphatic heterocycles. The number of nitrogens with one attached hydrogen (secondary N) is 2. The summed E-state index contributed by atoms with van der Waals surface area (Å²) in [6.45, 7) is 1.69. The third-order valence-corrected chi connectivity index (χ3v) is 6.24. The number of rotatable bonds is 5. The number of benzene rings is 1. The van der Waals surface area contributed by atoms with Gasteiger partial charge in [0.25, 0.3) is 11.8 Å². The number of anilines is 1. The molecule has 2 N–H and O–H groups in total. The topological polar surface area (TPSA) is 156 Å². The number of carbonyl (C=O) groups is 5. The Balaban J connectivity index is 1.33. The van der Waals surface area contributed by atoms with E-state index in [0.717, 1.165) is 9.91 Å². The predicted octanol–water partition coefficient (Wildman–Crippen LogP) is 0.750. The number of carbonyl (C=O) groups excluding carboxylic acids is 5. The fourth-order valence-corrected chi connectivity index (χ4v) is 4.54. The van der Waals surface area contributed by atoms with Crippen LogP contribution in [0.4, 0.5) is 5.69 Å². The molecule has 12 nitrogen and oxygen atoms in total. The summed E-state index contributed by atoms with van der Waals surface area (Å²) in [5.74, 6) is -2.99. The number of nitrogens with zero attached hydrogens (tertiary/aromatic N) is 5. The number of fused-ring (bicyclic) bond motifs is 1. The minimum atomic E-state index is -1.09. The van der Waals surface area contributed by atoms with Crippen LogP contribution in [0.15, 0.2) is 29.8 Å². The zero-order valence-electron chi connectivity index (χ0n) is 17.8. The van der Waals surface area contributed by atoms with Gasteiger partial charge >= 0.3 is 0 Å². The quantitative estimate of drug-likeness (QED) is 0.508. The third kappa shape index (κ3) is 3.75. The molecule has 34 heavy (non-hydrogen) atoms. The van der Waals surface area contributed by atoms with Gasteiger partial charge in [-0.25, -0.2) is 9.67 Å². The van der Waals surface area contributed by atoms with Gasteiger partial charge in [-0.05, 0) is 25.5 Å². The van der Waals surface area contributed by atoms with Gasteiger partial charge in [-0.1, -0.05) is 11.3 Å². The van der Waals surface area contributed by atoms with Crippen LogP contribution in [-0.4, -0.2) is 60.5 Å². The Bertz CT molecular complexity index is 1380. The molecule has 1 saturated heterocycles. The van der Waals surface area contributed by atoms with Crippen LogP contribution in [0.5, 0.6) is 0 Å². The Kier molecular flexibility index (Phi) is 5.24. The molecule has 1 unspecified atom stereocenters. The highest BCUT2D eigenvalue weighted by Gasteiger charge is 2.45. The first-order valence-corrected chi connectivity index (χ1v) is 11.2. The van der Waals surface area contributed by atoms with Gasteiger partial charge < -0.3 is 5.32 Å². The van der Waals surface area contributed by atoms with E-state index >= 15 is 0 Å². The summed E-state index contributed by atoms with van der Waals surface area (Å²) in [6, 6.07) is 3.40. The molecule has 13 heteroatoms. The summed E-state index contributed by atoms with van der Waals surface area (Å²) >= 11 is 1.47. The van der Waals surface area contributed by atoms with Crippen LogP contribution in [0.3, 0.4) is 0 Å². The van der Waals surface area contributed by atoms with Gasteiger partial charge in [-0.15, -0.1) is 16.4 Å². The molecule has 1 atom stereocenters. The molecule has 3 aromatic rings. The van der Waals surface area contributed by atoms with Gasteiger partial charge in [0.2, 0.25) is 17.7 Å². The van der Waals surface area contributed by atoms with Crippen molar-refractivity contribution < 1.29 is 24.0 Å². The fraction of sp³-hybridized carbons (Fsp3) is 0.238. The summed E-state index contributed by atoms with van der Waals surface area (Å²) in [5.41, 5.74) is 1.41. The van der Waals surface area contributed by atoms with Crippen molar-refractivity contribution in [1.82, 2.24) is 30.2 Å². The molecule has 1 aromatic carbocycles.